The van der Waals surface area contributed by atoms with Gasteiger partial charge < -0.3 is 19.6 Å². The molecular formula is C18H19NO5S3. The summed E-state index contributed by atoms with van der Waals surface area (Å²) in [4.78, 5) is 29.4. The number of carbonyl (C=O) groups is 2. The molecule has 0 aliphatic carbocycles. The number of hydrogen-bond acceptors (Lipinski definition) is 8. The summed E-state index contributed by atoms with van der Waals surface area (Å²) in [6, 6.07) is 6.80. The smallest absolute Gasteiger partial charge is 0.320 e. The first-order chi connectivity index (χ1) is 13.0. The normalized spacial score (nSPS) is 21.3. The number of hydrogen-bond donors (Lipinski definition) is 2. The second-order valence-corrected chi connectivity index (χ2v) is 8.68. The van der Waals surface area contributed by atoms with E-state index in [4.69, 9.17) is 21.7 Å². The molecule has 2 heterocycles. The summed E-state index contributed by atoms with van der Waals surface area (Å²) in [5, 5.41) is 10.4. The van der Waals surface area contributed by atoms with Crippen LogP contribution in [0.4, 0.5) is 0 Å². The fourth-order valence-electron chi connectivity index (χ4n) is 3.16. The molecule has 9 heteroatoms. The molecule has 0 spiro atoms. The number of aromatic nitrogens is 1. The van der Waals surface area contributed by atoms with Crippen LogP contribution in [0.25, 0.3) is 0 Å². The lowest BCUT2D eigenvalue weighted by Gasteiger charge is -2.34. The second-order valence-electron chi connectivity index (χ2n) is 5.81. The number of thiazole rings is 1. The zero-order chi connectivity index (χ0) is 19.6. The van der Waals surface area contributed by atoms with E-state index in [9.17, 15) is 14.7 Å². The SMILES string of the molecule is CCOC(=O)C1Sc2[nH]c(=S)sc2C(c2ccccc2O)C1C(=O)OCC. The van der Waals surface area contributed by atoms with Crippen molar-refractivity contribution in [2.45, 2.75) is 30.0 Å². The predicted molar refractivity (Wildman–Crippen MR) is 106 cm³/mol. The van der Waals surface area contributed by atoms with Gasteiger partial charge in [0.15, 0.2) is 3.95 Å². The van der Waals surface area contributed by atoms with Gasteiger partial charge in [0.1, 0.15) is 11.0 Å². The molecule has 1 aliphatic heterocycles. The van der Waals surface area contributed by atoms with E-state index in [2.05, 4.69) is 4.98 Å². The van der Waals surface area contributed by atoms with E-state index in [1.807, 2.05) is 0 Å². The molecule has 1 aliphatic rings. The standard InChI is InChI=1S/C18H19NO5S3/c1-3-23-16(21)12-11(9-7-5-6-8-10(9)20)13-15(19-18(25)27-13)26-14(12)17(22)24-4-2/h5-8,11-12,14,20H,3-4H2,1-2H3,(H,19,25). The minimum atomic E-state index is -0.837. The fraction of sp³-hybridized carbons (Fsp3) is 0.389. The summed E-state index contributed by atoms with van der Waals surface area (Å²) in [5.41, 5.74) is 0.552. The third-order valence-corrected chi connectivity index (χ3v) is 6.95. The van der Waals surface area contributed by atoms with Gasteiger partial charge in [-0.05, 0) is 32.1 Å². The number of H-pyrrole nitrogens is 1. The van der Waals surface area contributed by atoms with Crippen molar-refractivity contribution in [3.8, 4) is 5.75 Å². The van der Waals surface area contributed by atoms with Crippen LogP contribution >= 0.6 is 35.3 Å². The van der Waals surface area contributed by atoms with Crippen LogP contribution in [0.3, 0.4) is 0 Å². The van der Waals surface area contributed by atoms with Crippen molar-refractivity contribution in [1.29, 1.82) is 0 Å². The van der Waals surface area contributed by atoms with Crippen LogP contribution in [0.5, 0.6) is 5.75 Å². The summed E-state index contributed by atoms with van der Waals surface area (Å²) < 4.78 is 11.0. The minimum absolute atomic E-state index is 0.0524. The van der Waals surface area contributed by atoms with Gasteiger partial charge in [-0.3, -0.25) is 9.59 Å². The predicted octanol–water partition coefficient (Wildman–Crippen LogP) is 3.86. The molecule has 0 amide bonds. The van der Waals surface area contributed by atoms with Gasteiger partial charge in [0, 0.05) is 16.4 Å². The van der Waals surface area contributed by atoms with Crippen LogP contribution in [0.2, 0.25) is 0 Å². The van der Waals surface area contributed by atoms with Gasteiger partial charge in [-0.15, -0.1) is 11.3 Å². The Hall–Kier alpha value is -1.84. The van der Waals surface area contributed by atoms with Gasteiger partial charge in [0.05, 0.1) is 24.2 Å². The molecule has 1 aromatic carbocycles. The Morgan fingerprint density at radius 3 is 2.52 bits per heavy atom. The number of carbonyl (C=O) groups excluding carboxylic acids is 2. The summed E-state index contributed by atoms with van der Waals surface area (Å²) in [7, 11) is 0. The molecule has 6 nitrogen and oxygen atoms in total. The lowest BCUT2D eigenvalue weighted by Crippen LogP contribution is -2.41. The highest BCUT2D eigenvalue weighted by Gasteiger charge is 2.49. The van der Waals surface area contributed by atoms with Crippen LogP contribution in [-0.4, -0.2) is 40.5 Å². The number of nitrogens with one attached hydrogen (secondary N) is 1. The van der Waals surface area contributed by atoms with Gasteiger partial charge in [0.25, 0.3) is 0 Å². The third kappa shape index (κ3) is 3.90. The number of para-hydroxylation sites is 1. The molecule has 3 atom stereocenters. The zero-order valence-electron chi connectivity index (χ0n) is 14.8. The number of benzene rings is 1. The van der Waals surface area contributed by atoms with E-state index in [1.54, 1.807) is 38.1 Å². The van der Waals surface area contributed by atoms with E-state index in [0.29, 0.717) is 9.52 Å². The molecule has 2 aromatic rings. The highest BCUT2D eigenvalue weighted by atomic mass is 32.2. The van der Waals surface area contributed by atoms with Crippen LogP contribution in [0.15, 0.2) is 29.3 Å². The van der Waals surface area contributed by atoms with Crippen molar-refractivity contribution < 1.29 is 24.2 Å². The van der Waals surface area contributed by atoms with Crippen molar-refractivity contribution in [3.05, 3.63) is 38.7 Å². The Bertz CT molecular complexity index is 906. The van der Waals surface area contributed by atoms with Gasteiger partial charge in [0.2, 0.25) is 0 Å². The maximum Gasteiger partial charge on any atom is 0.320 e. The molecule has 3 rings (SSSR count). The van der Waals surface area contributed by atoms with Crippen molar-refractivity contribution in [3.63, 3.8) is 0 Å². The molecule has 0 bridgehead atoms. The molecule has 0 fully saturated rings. The Kier molecular flexibility index (Phi) is 6.23. The second kappa shape index (κ2) is 8.45. The van der Waals surface area contributed by atoms with Crippen LogP contribution in [0, 0.1) is 9.87 Å². The molecule has 144 valence electrons. The van der Waals surface area contributed by atoms with E-state index < -0.39 is 29.0 Å². The Balaban J connectivity index is 2.19. The number of rotatable bonds is 5. The Labute approximate surface area is 169 Å². The quantitative estimate of drug-likeness (QED) is 0.555. The van der Waals surface area contributed by atoms with E-state index in [0.717, 1.165) is 9.90 Å². The number of fused-ring (bicyclic) bond motifs is 1. The van der Waals surface area contributed by atoms with Crippen LogP contribution in [0.1, 0.15) is 30.2 Å². The van der Waals surface area contributed by atoms with E-state index in [-0.39, 0.29) is 19.0 Å². The number of ether oxygens (including phenoxy) is 2. The first kappa shape index (κ1) is 19.9. The molecule has 2 N–H and O–H groups in total. The number of aromatic hydroxyl groups is 1. The van der Waals surface area contributed by atoms with Crippen molar-refractivity contribution in [2.75, 3.05) is 13.2 Å². The number of thioether (sulfide) groups is 1. The summed E-state index contributed by atoms with van der Waals surface area (Å²) in [5.74, 6) is -2.33. The summed E-state index contributed by atoms with van der Waals surface area (Å²) in [6.07, 6.45) is 0. The topological polar surface area (TPSA) is 88.6 Å². The monoisotopic (exact) mass is 425 g/mol. The minimum Gasteiger partial charge on any atom is -0.508 e. The van der Waals surface area contributed by atoms with Gasteiger partial charge in [-0.2, -0.15) is 0 Å². The number of phenolic OH excluding ortho intramolecular Hbond substituents is 1. The van der Waals surface area contributed by atoms with Gasteiger partial charge >= 0.3 is 11.9 Å². The highest BCUT2D eigenvalue weighted by Crippen LogP contribution is 2.52. The van der Waals surface area contributed by atoms with Crippen LogP contribution in [-0.2, 0) is 19.1 Å². The molecule has 0 radical (unpaired) electrons. The third-order valence-electron chi connectivity index (χ3n) is 4.20. The van der Waals surface area contributed by atoms with E-state index >= 15 is 0 Å². The number of phenols is 1. The maximum atomic E-state index is 12.9. The maximum absolute atomic E-state index is 12.9. The zero-order valence-corrected chi connectivity index (χ0v) is 17.2. The number of esters is 2. The largest absolute Gasteiger partial charge is 0.508 e. The number of aromatic amines is 1. The summed E-state index contributed by atoms with van der Waals surface area (Å²) in [6.45, 7) is 3.83. The van der Waals surface area contributed by atoms with Crippen molar-refractivity contribution in [1.82, 2.24) is 4.98 Å². The lowest BCUT2D eigenvalue weighted by molar-refractivity contribution is -0.154. The van der Waals surface area contributed by atoms with Crippen LogP contribution < -0.4 is 0 Å². The molecule has 27 heavy (non-hydrogen) atoms. The Morgan fingerprint density at radius 2 is 1.85 bits per heavy atom. The highest BCUT2D eigenvalue weighted by molar-refractivity contribution is 8.00. The molecule has 0 saturated carbocycles. The van der Waals surface area contributed by atoms with Crippen molar-refractivity contribution >= 4 is 47.3 Å². The van der Waals surface area contributed by atoms with E-state index in [1.165, 1.54) is 23.1 Å². The fourth-order valence-corrected chi connectivity index (χ4v) is 6.06. The lowest BCUT2D eigenvalue weighted by atomic mass is 9.81. The first-order valence-electron chi connectivity index (χ1n) is 8.48. The summed E-state index contributed by atoms with van der Waals surface area (Å²) >= 11 is 7.84. The van der Waals surface area contributed by atoms with Gasteiger partial charge in [-0.1, -0.05) is 30.0 Å². The van der Waals surface area contributed by atoms with Gasteiger partial charge in [-0.25, -0.2) is 0 Å². The molecule has 1 aromatic heterocycles. The molecular weight excluding hydrogens is 406 g/mol. The average Bonchev–Trinajstić information content (AvgIpc) is 3.01. The molecule has 0 saturated heterocycles. The Morgan fingerprint density at radius 1 is 1.19 bits per heavy atom. The first-order valence-corrected chi connectivity index (χ1v) is 10.6. The average molecular weight is 426 g/mol. The van der Waals surface area contributed by atoms with Crippen molar-refractivity contribution in [2.24, 2.45) is 5.92 Å². The molecule has 3 unspecified atom stereocenters.